The van der Waals surface area contributed by atoms with Crippen molar-refractivity contribution in [1.82, 2.24) is 4.90 Å². The average Bonchev–Trinajstić information content (AvgIpc) is 2.66. The largest absolute Gasteiger partial charge is 0.384 e. The molecule has 0 saturated carbocycles. The van der Waals surface area contributed by atoms with E-state index in [1.54, 1.807) is 24.3 Å². The van der Waals surface area contributed by atoms with Gasteiger partial charge in [-0.05, 0) is 61.4 Å². The first-order valence-corrected chi connectivity index (χ1v) is 10.7. The molecule has 0 radical (unpaired) electrons. The standard InChI is InChI=1S/C20H27N3O3S/c1-16-3-8-20(15-17(16)2)27(24,25)22-19-6-4-18(5-7-19)21-9-10-23-11-13-26-14-12-23/h3-8,15,21-22H,9-14H2,1-2H3. The molecule has 1 aliphatic heterocycles. The minimum Gasteiger partial charge on any atom is -0.384 e. The van der Waals surface area contributed by atoms with Gasteiger partial charge in [-0.3, -0.25) is 9.62 Å². The van der Waals surface area contributed by atoms with Crippen LogP contribution in [0.15, 0.2) is 47.4 Å². The molecule has 0 aliphatic carbocycles. The molecule has 1 saturated heterocycles. The maximum atomic E-state index is 12.6. The molecule has 0 unspecified atom stereocenters. The van der Waals surface area contributed by atoms with Crippen LogP contribution < -0.4 is 10.0 Å². The van der Waals surface area contributed by atoms with Crippen molar-refractivity contribution in [2.24, 2.45) is 0 Å². The Balaban J connectivity index is 1.55. The predicted molar refractivity (Wildman–Crippen MR) is 109 cm³/mol. The third-order valence-electron chi connectivity index (χ3n) is 4.79. The zero-order valence-corrected chi connectivity index (χ0v) is 16.7. The summed E-state index contributed by atoms with van der Waals surface area (Å²) in [7, 11) is -3.59. The summed E-state index contributed by atoms with van der Waals surface area (Å²) in [6.07, 6.45) is 0. The molecule has 0 aromatic heterocycles. The highest BCUT2D eigenvalue weighted by atomic mass is 32.2. The summed E-state index contributed by atoms with van der Waals surface area (Å²) in [5, 5.41) is 3.37. The second-order valence-electron chi connectivity index (χ2n) is 6.81. The lowest BCUT2D eigenvalue weighted by Gasteiger charge is -2.26. The molecule has 27 heavy (non-hydrogen) atoms. The van der Waals surface area contributed by atoms with Crippen molar-refractivity contribution >= 4 is 21.4 Å². The quantitative estimate of drug-likeness (QED) is 0.762. The Kier molecular flexibility index (Phi) is 6.36. The smallest absolute Gasteiger partial charge is 0.261 e. The van der Waals surface area contributed by atoms with Crippen LogP contribution in [0.2, 0.25) is 0 Å². The first-order valence-electron chi connectivity index (χ1n) is 9.18. The van der Waals surface area contributed by atoms with E-state index >= 15 is 0 Å². The van der Waals surface area contributed by atoms with Crippen LogP contribution in [0.25, 0.3) is 0 Å². The van der Waals surface area contributed by atoms with Crippen LogP contribution in [0, 0.1) is 13.8 Å². The minimum absolute atomic E-state index is 0.276. The molecule has 0 spiro atoms. The van der Waals surface area contributed by atoms with Crippen molar-refractivity contribution in [3.8, 4) is 0 Å². The SMILES string of the molecule is Cc1ccc(S(=O)(=O)Nc2ccc(NCCN3CCOCC3)cc2)cc1C. The van der Waals surface area contributed by atoms with Crippen molar-refractivity contribution in [3.05, 3.63) is 53.6 Å². The summed E-state index contributed by atoms with van der Waals surface area (Å²) in [6, 6.07) is 12.5. The molecule has 1 aliphatic rings. The van der Waals surface area contributed by atoms with Gasteiger partial charge in [-0.2, -0.15) is 0 Å². The number of ether oxygens (including phenoxy) is 1. The molecule has 0 bridgehead atoms. The van der Waals surface area contributed by atoms with Crippen molar-refractivity contribution in [3.63, 3.8) is 0 Å². The van der Waals surface area contributed by atoms with Crippen LogP contribution in [0.4, 0.5) is 11.4 Å². The Morgan fingerprint density at radius 3 is 2.30 bits per heavy atom. The third kappa shape index (κ3) is 5.45. The number of aryl methyl sites for hydroxylation is 2. The number of rotatable bonds is 7. The van der Waals surface area contributed by atoms with Crippen LogP contribution in [0.1, 0.15) is 11.1 Å². The van der Waals surface area contributed by atoms with Gasteiger partial charge < -0.3 is 10.1 Å². The van der Waals surface area contributed by atoms with Gasteiger partial charge in [-0.15, -0.1) is 0 Å². The highest BCUT2D eigenvalue weighted by Gasteiger charge is 2.15. The number of hydrogen-bond acceptors (Lipinski definition) is 5. The molecule has 2 aromatic rings. The Morgan fingerprint density at radius 1 is 0.963 bits per heavy atom. The molecular weight excluding hydrogens is 362 g/mol. The number of benzene rings is 2. The van der Waals surface area contributed by atoms with E-state index in [0.717, 1.165) is 56.2 Å². The van der Waals surface area contributed by atoms with Gasteiger partial charge in [0.15, 0.2) is 0 Å². The summed E-state index contributed by atoms with van der Waals surface area (Å²) >= 11 is 0. The Bertz CT molecular complexity index is 861. The number of morpholine rings is 1. The molecule has 3 rings (SSSR count). The van der Waals surface area contributed by atoms with Gasteiger partial charge in [0.2, 0.25) is 0 Å². The van der Waals surface area contributed by atoms with Gasteiger partial charge in [0, 0.05) is 37.6 Å². The molecule has 146 valence electrons. The van der Waals surface area contributed by atoms with Gasteiger partial charge in [0.1, 0.15) is 0 Å². The molecule has 2 aromatic carbocycles. The summed E-state index contributed by atoms with van der Waals surface area (Å²) < 4.78 is 33.1. The number of nitrogens with zero attached hydrogens (tertiary/aromatic N) is 1. The monoisotopic (exact) mass is 389 g/mol. The number of nitrogens with one attached hydrogen (secondary N) is 2. The van der Waals surface area contributed by atoms with Crippen LogP contribution >= 0.6 is 0 Å². The first-order chi connectivity index (χ1) is 12.9. The molecule has 6 nitrogen and oxygen atoms in total. The number of hydrogen-bond donors (Lipinski definition) is 2. The van der Waals surface area contributed by atoms with E-state index in [0.29, 0.717) is 5.69 Å². The van der Waals surface area contributed by atoms with E-state index in [4.69, 9.17) is 4.74 Å². The van der Waals surface area contributed by atoms with E-state index in [1.807, 2.05) is 32.0 Å². The summed E-state index contributed by atoms with van der Waals surface area (Å²) in [6.45, 7) is 9.22. The highest BCUT2D eigenvalue weighted by Crippen LogP contribution is 2.20. The number of sulfonamides is 1. The molecule has 0 amide bonds. The topological polar surface area (TPSA) is 70.7 Å². The average molecular weight is 390 g/mol. The van der Waals surface area contributed by atoms with Crippen LogP contribution in [-0.4, -0.2) is 52.7 Å². The normalized spacial score (nSPS) is 15.5. The summed E-state index contributed by atoms with van der Waals surface area (Å²) in [5.74, 6) is 0. The lowest BCUT2D eigenvalue weighted by molar-refractivity contribution is 0.0398. The fourth-order valence-electron chi connectivity index (χ4n) is 2.93. The molecule has 7 heteroatoms. The Morgan fingerprint density at radius 2 is 1.63 bits per heavy atom. The van der Waals surface area contributed by atoms with E-state index in [1.165, 1.54) is 0 Å². The Labute approximate surface area is 161 Å². The van der Waals surface area contributed by atoms with Crippen LogP contribution in [-0.2, 0) is 14.8 Å². The maximum Gasteiger partial charge on any atom is 0.261 e. The summed E-state index contributed by atoms with van der Waals surface area (Å²) in [5.41, 5.74) is 3.54. The molecular formula is C20H27N3O3S. The third-order valence-corrected chi connectivity index (χ3v) is 6.17. The van der Waals surface area contributed by atoms with Gasteiger partial charge in [0.25, 0.3) is 10.0 Å². The van der Waals surface area contributed by atoms with E-state index in [2.05, 4.69) is 14.9 Å². The number of anilines is 2. The van der Waals surface area contributed by atoms with Gasteiger partial charge >= 0.3 is 0 Å². The molecule has 1 heterocycles. The van der Waals surface area contributed by atoms with E-state index < -0.39 is 10.0 Å². The molecule has 2 N–H and O–H groups in total. The van der Waals surface area contributed by atoms with Crippen LogP contribution in [0.5, 0.6) is 0 Å². The molecule has 0 atom stereocenters. The lowest BCUT2D eigenvalue weighted by atomic mass is 10.1. The maximum absolute atomic E-state index is 12.6. The second kappa shape index (κ2) is 8.73. The van der Waals surface area contributed by atoms with Crippen LogP contribution in [0.3, 0.4) is 0 Å². The first kappa shape index (κ1) is 19.7. The van der Waals surface area contributed by atoms with Gasteiger partial charge in [0.05, 0.1) is 18.1 Å². The van der Waals surface area contributed by atoms with Crippen molar-refractivity contribution in [1.29, 1.82) is 0 Å². The lowest BCUT2D eigenvalue weighted by Crippen LogP contribution is -2.38. The fraction of sp³-hybridized carbons (Fsp3) is 0.400. The van der Waals surface area contributed by atoms with Crippen molar-refractivity contribution < 1.29 is 13.2 Å². The fourth-order valence-corrected chi connectivity index (χ4v) is 4.08. The predicted octanol–water partition coefficient (Wildman–Crippen LogP) is 2.85. The summed E-state index contributed by atoms with van der Waals surface area (Å²) in [4.78, 5) is 2.64. The Hall–Kier alpha value is -2.09. The molecule has 1 fully saturated rings. The minimum atomic E-state index is -3.59. The zero-order chi connectivity index (χ0) is 19.3. The van der Waals surface area contributed by atoms with E-state index in [9.17, 15) is 8.42 Å². The highest BCUT2D eigenvalue weighted by molar-refractivity contribution is 7.92. The van der Waals surface area contributed by atoms with Gasteiger partial charge in [-0.25, -0.2) is 8.42 Å². The second-order valence-corrected chi connectivity index (χ2v) is 8.49. The van der Waals surface area contributed by atoms with Crippen molar-refractivity contribution in [2.75, 3.05) is 49.4 Å². The van der Waals surface area contributed by atoms with Gasteiger partial charge in [-0.1, -0.05) is 6.07 Å². The van der Waals surface area contributed by atoms with E-state index in [-0.39, 0.29) is 4.90 Å². The van der Waals surface area contributed by atoms with Crippen molar-refractivity contribution in [2.45, 2.75) is 18.7 Å². The zero-order valence-electron chi connectivity index (χ0n) is 15.9.